The molecule has 1 unspecified atom stereocenters. The van der Waals surface area contributed by atoms with E-state index in [1.807, 2.05) is 11.3 Å². The van der Waals surface area contributed by atoms with Crippen molar-refractivity contribution >= 4 is 11.3 Å². The van der Waals surface area contributed by atoms with Crippen molar-refractivity contribution in [3.05, 3.63) is 51.5 Å². The first-order chi connectivity index (χ1) is 10.2. The van der Waals surface area contributed by atoms with E-state index >= 15 is 0 Å². The average molecular weight is 299 g/mol. The lowest BCUT2D eigenvalue weighted by molar-refractivity contribution is 0.304. The van der Waals surface area contributed by atoms with Crippen molar-refractivity contribution in [1.29, 1.82) is 0 Å². The van der Waals surface area contributed by atoms with Gasteiger partial charge in [-0.15, -0.1) is 11.3 Å². The summed E-state index contributed by atoms with van der Waals surface area (Å²) in [5.41, 5.74) is 9.14. The van der Waals surface area contributed by atoms with Gasteiger partial charge in [-0.1, -0.05) is 30.3 Å². The molecule has 1 aliphatic carbocycles. The number of fused-ring (bicyclic) bond motifs is 1. The van der Waals surface area contributed by atoms with E-state index < -0.39 is 0 Å². The molecule has 110 valence electrons. The zero-order valence-corrected chi connectivity index (χ0v) is 13.0. The summed E-state index contributed by atoms with van der Waals surface area (Å²) in [6.07, 6.45) is 4.64. The Bertz CT molecular complexity index is 615. The Balaban J connectivity index is 1.49. The molecule has 0 saturated carbocycles. The number of aromatic nitrogens is 1. The van der Waals surface area contributed by atoms with Gasteiger partial charge in [-0.05, 0) is 31.2 Å². The quantitative estimate of drug-likeness (QED) is 0.947. The monoisotopic (exact) mass is 299 g/mol. The first kappa shape index (κ1) is 13.4. The molecule has 2 aromatic rings. The molecular weight excluding hydrogens is 278 g/mol. The molecule has 1 fully saturated rings. The molecule has 1 saturated heterocycles. The number of nitrogens with zero attached hydrogens (tertiary/aromatic N) is 2. The predicted octanol–water partition coefficient (Wildman–Crippen LogP) is 2.69. The van der Waals surface area contributed by atoms with Crippen molar-refractivity contribution in [1.82, 2.24) is 9.88 Å². The molecule has 4 rings (SSSR count). The van der Waals surface area contributed by atoms with Crippen molar-refractivity contribution < 1.29 is 0 Å². The second-order valence-corrected chi connectivity index (χ2v) is 7.43. The van der Waals surface area contributed by atoms with Crippen LogP contribution in [0, 0.1) is 0 Å². The summed E-state index contributed by atoms with van der Waals surface area (Å²) in [7, 11) is 0. The minimum Gasteiger partial charge on any atom is -0.318 e. The van der Waals surface area contributed by atoms with Crippen molar-refractivity contribution in [2.45, 2.75) is 37.8 Å². The van der Waals surface area contributed by atoms with Crippen LogP contribution in [0.25, 0.3) is 0 Å². The molecule has 21 heavy (non-hydrogen) atoms. The molecule has 1 aliphatic heterocycles. The van der Waals surface area contributed by atoms with Gasteiger partial charge in [0.05, 0.1) is 11.2 Å². The Kier molecular flexibility index (Phi) is 3.32. The highest BCUT2D eigenvalue weighted by Gasteiger charge is 2.39. The Morgan fingerprint density at radius 1 is 1.24 bits per heavy atom. The standard InChI is InChI=1S/C17H21N3S/c18-17(16-19-14-7-4-8-15(14)21-16)9-10-20(12-17)11-13-5-2-1-3-6-13/h1-3,5-6H,4,7-12,18H2. The summed E-state index contributed by atoms with van der Waals surface area (Å²) in [6, 6.07) is 10.7. The second kappa shape index (κ2) is 5.20. The fourth-order valence-electron chi connectivity index (χ4n) is 3.47. The molecule has 1 aromatic carbocycles. The summed E-state index contributed by atoms with van der Waals surface area (Å²) in [6.45, 7) is 2.98. The topological polar surface area (TPSA) is 42.1 Å². The molecule has 2 aliphatic rings. The van der Waals surface area contributed by atoms with E-state index in [9.17, 15) is 0 Å². The smallest absolute Gasteiger partial charge is 0.114 e. The van der Waals surface area contributed by atoms with E-state index in [1.54, 1.807) is 0 Å². The van der Waals surface area contributed by atoms with Gasteiger partial charge in [-0.3, -0.25) is 4.90 Å². The first-order valence-electron chi connectivity index (χ1n) is 7.77. The first-order valence-corrected chi connectivity index (χ1v) is 8.59. The van der Waals surface area contributed by atoms with Gasteiger partial charge in [0.15, 0.2) is 0 Å². The highest BCUT2D eigenvalue weighted by Crippen LogP contribution is 2.37. The maximum atomic E-state index is 6.69. The van der Waals surface area contributed by atoms with Crippen LogP contribution in [0.3, 0.4) is 0 Å². The number of aryl methyl sites for hydroxylation is 2. The maximum absolute atomic E-state index is 6.69. The van der Waals surface area contributed by atoms with Gasteiger partial charge in [0, 0.05) is 24.5 Å². The van der Waals surface area contributed by atoms with Gasteiger partial charge in [0.25, 0.3) is 0 Å². The number of benzene rings is 1. The van der Waals surface area contributed by atoms with Crippen LogP contribution in [0.5, 0.6) is 0 Å². The molecule has 2 N–H and O–H groups in total. The summed E-state index contributed by atoms with van der Waals surface area (Å²) in [5.74, 6) is 0. The van der Waals surface area contributed by atoms with Crippen LogP contribution in [0.4, 0.5) is 0 Å². The van der Waals surface area contributed by atoms with Crippen LogP contribution in [-0.2, 0) is 24.9 Å². The van der Waals surface area contributed by atoms with Crippen molar-refractivity contribution in [2.24, 2.45) is 5.73 Å². The van der Waals surface area contributed by atoms with E-state index in [0.717, 1.165) is 32.5 Å². The van der Waals surface area contributed by atoms with Crippen LogP contribution < -0.4 is 5.73 Å². The summed E-state index contributed by atoms with van der Waals surface area (Å²) >= 11 is 1.86. The van der Waals surface area contributed by atoms with Crippen LogP contribution in [0.2, 0.25) is 0 Å². The average Bonchev–Trinajstić information content (AvgIpc) is 3.15. The number of nitrogens with two attached hydrogens (primary N) is 1. The van der Waals surface area contributed by atoms with Gasteiger partial charge in [0.2, 0.25) is 0 Å². The molecule has 0 bridgehead atoms. The fourth-order valence-corrected chi connectivity index (χ4v) is 4.74. The third kappa shape index (κ3) is 2.52. The molecular formula is C17H21N3S. The Morgan fingerprint density at radius 3 is 2.90 bits per heavy atom. The van der Waals surface area contributed by atoms with E-state index in [-0.39, 0.29) is 5.54 Å². The summed E-state index contributed by atoms with van der Waals surface area (Å²) in [4.78, 5) is 8.80. The molecule has 0 radical (unpaired) electrons. The van der Waals surface area contributed by atoms with Gasteiger partial charge in [-0.25, -0.2) is 4.98 Å². The summed E-state index contributed by atoms with van der Waals surface area (Å²) in [5, 5.41) is 1.17. The lowest BCUT2D eigenvalue weighted by atomic mass is 10.0. The van der Waals surface area contributed by atoms with Gasteiger partial charge >= 0.3 is 0 Å². The zero-order chi connectivity index (χ0) is 14.3. The zero-order valence-electron chi connectivity index (χ0n) is 12.2. The van der Waals surface area contributed by atoms with Crippen LogP contribution in [0.15, 0.2) is 30.3 Å². The van der Waals surface area contributed by atoms with Crippen molar-refractivity contribution in [3.8, 4) is 0 Å². The number of hydrogen-bond acceptors (Lipinski definition) is 4. The third-order valence-corrected chi connectivity index (χ3v) is 6.03. The largest absolute Gasteiger partial charge is 0.318 e. The van der Waals surface area contributed by atoms with Gasteiger partial charge < -0.3 is 5.73 Å². The SMILES string of the molecule is NC1(c2nc3c(s2)CCC3)CCN(Cc2ccccc2)C1. The predicted molar refractivity (Wildman–Crippen MR) is 86.3 cm³/mol. The fraction of sp³-hybridized carbons (Fsp3) is 0.471. The number of hydrogen-bond donors (Lipinski definition) is 1. The molecule has 0 amide bonds. The molecule has 0 spiro atoms. The maximum Gasteiger partial charge on any atom is 0.114 e. The Morgan fingerprint density at radius 2 is 2.10 bits per heavy atom. The summed E-state index contributed by atoms with van der Waals surface area (Å²) < 4.78 is 0. The lowest BCUT2D eigenvalue weighted by Crippen LogP contribution is -2.39. The molecule has 2 heterocycles. The number of likely N-dealkylation sites (tertiary alicyclic amines) is 1. The molecule has 3 nitrogen and oxygen atoms in total. The van der Waals surface area contributed by atoms with Crippen molar-refractivity contribution in [2.75, 3.05) is 13.1 Å². The van der Waals surface area contributed by atoms with Crippen molar-refractivity contribution in [3.63, 3.8) is 0 Å². The van der Waals surface area contributed by atoms with Gasteiger partial charge in [-0.2, -0.15) is 0 Å². The van der Waals surface area contributed by atoms with Crippen LogP contribution >= 0.6 is 11.3 Å². The van der Waals surface area contributed by atoms with E-state index in [1.165, 1.54) is 34.0 Å². The van der Waals surface area contributed by atoms with E-state index in [2.05, 4.69) is 35.2 Å². The van der Waals surface area contributed by atoms with E-state index in [0.29, 0.717) is 0 Å². The lowest BCUT2D eigenvalue weighted by Gasteiger charge is -2.22. The highest BCUT2D eigenvalue weighted by molar-refractivity contribution is 7.12. The number of thiazole rings is 1. The Hall–Kier alpha value is -1.23. The van der Waals surface area contributed by atoms with Crippen LogP contribution in [-0.4, -0.2) is 23.0 Å². The molecule has 4 heteroatoms. The van der Waals surface area contributed by atoms with E-state index in [4.69, 9.17) is 10.7 Å². The third-order valence-electron chi connectivity index (χ3n) is 4.65. The minimum absolute atomic E-state index is 0.232. The second-order valence-electron chi connectivity index (χ2n) is 6.34. The Labute approximate surface area is 129 Å². The molecule has 1 atom stereocenters. The minimum atomic E-state index is -0.232. The number of rotatable bonds is 3. The van der Waals surface area contributed by atoms with Crippen LogP contribution in [0.1, 0.15) is 34.0 Å². The highest BCUT2D eigenvalue weighted by atomic mass is 32.1. The molecule has 1 aromatic heterocycles. The van der Waals surface area contributed by atoms with Gasteiger partial charge in [0.1, 0.15) is 5.01 Å². The normalized spacial score (nSPS) is 25.4.